The Kier molecular flexibility index (Phi) is 2.21. The highest BCUT2D eigenvalue weighted by Gasteiger charge is 2.13. The molecule has 4 heteroatoms. The zero-order valence-corrected chi connectivity index (χ0v) is 11.4. The number of imidazole rings is 1. The molecule has 98 valence electrons. The summed E-state index contributed by atoms with van der Waals surface area (Å²) in [7, 11) is 0. The fourth-order valence-corrected chi connectivity index (χ4v) is 2.57. The second-order valence-corrected chi connectivity index (χ2v) is 5.11. The van der Waals surface area contributed by atoms with Crippen LogP contribution < -0.4 is 0 Å². The van der Waals surface area contributed by atoms with Crippen molar-refractivity contribution in [2.45, 2.75) is 13.8 Å². The Morgan fingerprint density at radius 2 is 1.80 bits per heavy atom. The maximum atomic E-state index is 4.73. The van der Waals surface area contributed by atoms with Gasteiger partial charge in [0.15, 0.2) is 5.82 Å². The van der Waals surface area contributed by atoms with Crippen LogP contribution in [0, 0.1) is 13.8 Å². The van der Waals surface area contributed by atoms with E-state index in [1.165, 1.54) is 11.1 Å². The second kappa shape index (κ2) is 3.93. The molecule has 4 rings (SSSR count). The number of hydrogen-bond acceptors (Lipinski definition) is 2. The van der Waals surface area contributed by atoms with Crippen LogP contribution in [0.15, 0.2) is 36.4 Å². The monoisotopic (exact) mass is 262 g/mol. The third-order valence-electron chi connectivity index (χ3n) is 3.87. The van der Waals surface area contributed by atoms with Gasteiger partial charge >= 0.3 is 0 Å². The first kappa shape index (κ1) is 11.2. The van der Waals surface area contributed by atoms with Crippen LogP contribution in [-0.2, 0) is 0 Å². The van der Waals surface area contributed by atoms with E-state index in [0.29, 0.717) is 0 Å². The Morgan fingerprint density at radius 1 is 0.950 bits per heavy atom. The quantitative estimate of drug-likeness (QED) is 0.549. The molecule has 2 heterocycles. The SMILES string of the molecule is Cc1ccc2[nH]c(-c3n[nH]c4ccccc34)nc2c1C. The molecule has 2 N–H and O–H groups in total. The van der Waals surface area contributed by atoms with Crippen molar-refractivity contribution in [3.63, 3.8) is 0 Å². The largest absolute Gasteiger partial charge is 0.337 e. The van der Waals surface area contributed by atoms with Gasteiger partial charge in [-0.3, -0.25) is 5.10 Å². The van der Waals surface area contributed by atoms with Crippen molar-refractivity contribution in [2.24, 2.45) is 0 Å². The van der Waals surface area contributed by atoms with Gasteiger partial charge in [-0.15, -0.1) is 0 Å². The smallest absolute Gasteiger partial charge is 0.159 e. The van der Waals surface area contributed by atoms with Crippen molar-refractivity contribution in [1.29, 1.82) is 0 Å². The first-order chi connectivity index (χ1) is 9.74. The van der Waals surface area contributed by atoms with Gasteiger partial charge < -0.3 is 4.98 Å². The minimum absolute atomic E-state index is 0.811. The summed E-state index contributed by atoms with van der Waals surface area (Å²) in [6, 6.07) is 12.3. The van der Waals surface area contributed by atoms with Gasteiger partial charge in [-0.05, 0) is 37.1 Å². The molecule has 0 bridgehead atoms. The lowest BCUT2D eigenvalue weighted by Gasteiger charge is -1.98. The molecule has 4 nitrogen and oxygen atoms in total. The van der Waals surface area contributed by atoms with E-state index in [-0.39, 0.29) is 0 Å². The zero-order chi connectivity index (χ0) is 13.7. The summed E-state index contributed by atoms with van der Waals surface area (Å²) in [5.41, 5.74) is 6.43. The number of aromatic nitrogens is 4. The fraction of sp³-hybridized carbons (Fsp3) is 0.125. The molecule has 0 aliphatic heterocycles. The number of aromatic amines is 2. The average molecular weight is 262 g/mol. The Balaban J connectivity index is 2.01. The molecule has 0 atom stereocenters. The van der Waals surface area contributed by atoms with Crippen LogP contribution in [0.1, 0.15) is 11.1 Å². The van der Waals surface area contributed by atoms with Gasteiger partial charge in [0, 0.05) is 5.39 Å². The first-order valence-electron chi connectivity index (χ1n) is 6.63. The van der Waals surface area contributed by atoms with Gasteiger partial charge in [-0.1, -0.05) is 24.3 Å². The van der Waals surface area contributed by atoms with Crippen LogP contribution >= 0.6 is 0 Å². The molecule has 0 aliphatic carbocycles. The van der Waals surface area contributed by atoms with E-state index in [0.717, 1.165) is 33.5 Å². The Hall–Kier alpha value is -2.62. The molecule has 0 radical (unpaired) electrons. The summed E-state index contributed by atoms with van der Waals surface area (Å²) in [6.07, 6.45) is 0. The molecule has 4 aromatic rings. The minimum Gasteiger partial charge on any atom is -0.337 e. The summed E-state index contributed by atoms with van der Waals surface area (Å²) >= 11 is 0. The van der Waals surface area contributed by atoms with E-state index < -0.39 is 0 Å². The third kappa shape index (κ3) is 1.48. The molecular formula is C16H14N4. The van der Waals surface area contributed by atoms with Crippen LogP contribution in [0.5, 0.6) is 0 Å². The molecule has 0 amide bonds. The van der Waals surface area contributed by atoms with E-state index in [9.17, 15) is 0 Å². The van der Waals surface area contributed by atoms with Gasteiger partial charge in [-0.2, -0.15) is 5.10 Å². The van der Waals surface area contributed by atoms with Crippen LogP contribution in [0.25, 0.3) is 33.5 Å². The molecule has 20 heavy (non-hydrogen) atoms. The van der Waals surface area contributed by atoms with Crippen molar-refractivity contribution >= 4 is 21.9 Å². The maximum Gasteiger partial charge on any atom is 0.159 e. The molecule has 0 spiro atoms. The van der Waals surface area contributed by atoms with Crippen molar-refractivity contribution in [2.75, 3.05) is 0 Å². The van der Waals surface area contributed by atoms with Crippen LogP contribution in [0.3, 0.4) is 0 Å². The maximum absolute atomic E-state index is 4.73. The standard InChI is InChI=1S/C16H14N4/c1-9-7-8-13-14(10(9)2)18-16(17-13)15-11-5-3-4-6-12(11)19-20-15/h3-8H,1-2H3,(H,17,18)(H,19,20). The summed E-state index contributed by atoms with van der Waals surface area (Å²) in [4.78, 5) is 8.09. The van der Waals surface area contributed by atoms with E-state index in [4.69, 9.17) is 4.98 Å². The lowest BCUT2D eigenvalue weighted by Crippen LogP contribution is -1.82. The minimum atomic E-state index is 0.811. The molecule has 0 fully saturated rings. The van der Waals surface area contributed by atoms with Crippen LogP contribution in [-0.4, -0.2) is 20.2 Å². The molecular weight excluding hydrogens is 248 g/mol. The number of nitrogens with one attached hydrogen (secondary N) is 2. The van der Waals surface area contributed by atoms with E-state index in [1.54, 1.807) is 0 Å². The highest BCUT2D eigenvalue weighted by atomic mass is 15.1. The van der Waals surface area contributed by atoms with Crippen molar-refractivity contribution in [3.8, 4) is 11.5 Å². The van der Waals surface area contributed by atoms with Gasteiger partial charge in [-0.25, -0.2) is 4.98 Å². The highest BCUT2D eigenvalue weighted by molar-refractivity contribution is 5.93. The van der Waals surface area contributed by atoms with Crippen LogP contribution in [0.2, 0.25) is 0 Å². The first-order valence-corrected chi connectivity index (χ1v) is 6.63. The number of para-hydroxylation sites is 1. The number of aryl methyl sites for hydroxylation is 2. The van der Waals surface area contributed by atoms with E-state index in [1.807, 2.05) is 18.2 Å². The Morgan fingerprint density at radius 3 is 2.70 bits per heavy atom. The van der Waals surface area contributed by atoms with Gasteiger partial charge in [0.1, 0.15) is 5.69 Å². The number of hydrogen-bond donors (Lipinski definition) is 2. The molecule has 2 aromatic carbocycles. The summed E-state index contributed by atoms with van der Waals surface area (Å²) < 4.78 is 0. The van der Waals surface area contributed by atoms with Gasteiger partial charge in [0.2, 0.25) is 0 Å². The Bertz CT molecular complexity index is 930. The third-order valence-corrected chi connectivity index (χ3v) is 3.87. The number of nitrogens with zero attached hydrogens (tertiary/aromatic N) is 2. The predicted molar refractivity (Wildman–Crippen MR) is 80.7 cm³/mol. The number of H-pyrrole nitrogens is 2. The van der Waals surface area contributed by atoms with Crippen LogP contribution in [0.4, 0.5) is 0 Å². The average Bonchev–Trinajstić information content (AvgIpc) is 3.06. The molecule has 2 aromatic heterocycles. The van der Waals surface area contributed by atoms with Crippen molar-refractivity contribution < 1.29 is 0 Å². The number of fused-ring (bicyclic) bond motifs is 2. The lowest BCUT2D eigenvalue weighted by molar-refractivity contribution is 1.10. The van der Waals surface area contributed by atoms with Crippen molar-refractivity contribution in [3.05, 3.63) is 47.5 Å². The number of rotatable bonds is 1. The van der Waals surface area contributed by atoms with Crippen molar-refractivity contribution in [1.82, 2.24) is 20.2 Å². The highest BCUT2D eigenvalue weighted by Crippen LogP contribution is 2.27. The van der Waals surface area contributed by atoms with E-state index >= 15 is 0 Å². The topological polar surface area (TPSA) is 57.4 Å². The van der Waals surface area contributed by atoms with E-state index in [2.05, 4.69) is 47.2 Å². The zero-order valence-electron chi connectivity index (χ0n) is 11.4. The predicted octanol–water partition coefficient (Wildman–Crippen LogP) is 3.72. The summed E-state index contributed by atoms with van der Waals surface area (Å²) in [5.74, 6) is 0.811. The lowest BCUT2D eigenvalue weighted by atomic mass is 10.1. The molecule has 0 aliphatic rings. The molecule has 0 saturated carbocycles. The fourth-order valence-electron chi connectivity index (χ4n) is 2.57. The summed E-state index contributed by atoms with van der Waals surface area (Å²) in [6.45, 7) is 4.21. The Labute approximate surface area is 115 Å². The normalized spacial score (nSPS) is 11.5. The number of benzene rings is 2. The molecule has 0 saturated heterocycles. The van der Waals surface area contributed by atoms with Gasteiger partial charge in [0.05, 0.1) is 16.6 Å². The van der Waals surface area contributed by atoms with Gasteiger partial charge in [0.25, 0.3) is 0 Å². The summed E-state index contributed by atoms with van der Waals surface area (Å²) in [5, 5.41) is 8.53. The molecule has 0 unspecified atom stereocenters. The second-order valence-electron chi connectivity index (χ2n) is 5.11.